The van der Waals surface area contributed by atoms with E-state index in [1.54, 1.807) is 11.1 Å². The quantitative estimate of drug-likeness (QED) is 0.738. The first-order valence-corrected chi connectivity index (χ1v) is 9.15. The van der Waals surface area contributed by atoms with Gasteiger partial charge in [-0.3, -0.25) is 4.79 Å². The first-order chi connectivity index (χ1) is 14.0. The van der Waals surface area contributed by atoms with Gasteiger partial charge in [-0.2, -0.15) is 5.10 Å². The molecule has 10 heteroatoms. The van der Waals surface area contributed by atoms with Crippen molar-refractivity contribution < 1.29 is 18.4 Å². The van der Waals surface area contributed by atoms with Crippen LogP contribution in [0.4, 0.5) is 19.5 Å². The van der Waals surface area contributed by atoms with Crippen molar-refractivity contribution in [3.8, 4) is 0 Å². The Morgan fingerprint density at radius 2 is 1.83 bits per heavy atom. The predicted molar refractivity (Wildman–Crippen MR) is 101 cm³/mol. The van der Waals surface area contributed by atoms with Gasteiger partial charge >= 0.3 is 6.03 Å². The molecule has 0 bridgehead atoms. The van der Waals surface area contributed by atoms with Gasteiger partial charge in [-0.25, -0.2) is 28.6 Å². The van der Waals surface area contributed by atoms with Crippen LogP contribution in [-0.4, -0.2) is 64.6 Å². The Hall–Kier alpha value is -3.43. The third-order valence-electron chi connectivity index (χ3n) is 4.91. The average molecular weight is 400 g/mol. The number of benzene rings is 1. The van der Waals surface area contributed by atoms with Crippen molar-refractivity contribution in [2.24, 2.45) is 5.10 Å². The number of hydrogen-bond acceptors (Lipinski definition) is 6. The molecule has 2 aliphatic rings. The maximum atomic E-state index is 13.6. The van der Waals surface area contributed by atoms with Crippen molar-refractivity contribution in [3.05, 3.63) is 53.4 Å². The molecule has 1 aromatic carbocycles. The number of hydrazone groups is 1. The van der Waals surface area contributed by atoms with Crippen LogP contribution in [0.1, 0.15) is 28.5 Å². The molecule has 0 aliphatic carbocycles. The lowest BCUT2D eigenvalue weighted by Gasteiger charge is -2.37. The maximum Gasteiger partial charge on any atom is 0.341 e. The van der Waals surface area contributed by atoms with E-state index in [1.165, 1.54) is 29.4 Å². The first kappa shape index (κ1) is 18.9. The second-order valence-corrected chi connectivity index (χ2v) is 6.75. The number of rotatable bonds is 3. The molecule has 0 N–H and O–H groups in total. The van der Waals surface area contributed by atoms with Crippen molar-refractivity contribution in [1.82, 2.24) is 19.9 Å². The minimum Gasteiger partial charge on any atom is -0.337 e. The fourth-order valence-corrected chi connectivity index (χ4v) is 3.47. The molecule has 1 fully saturated rings. The van der Waals surface area contributed by atoms with Crippen molar-refractivity contribution in [2.75, 3.05) is 31.1 Å². The molecule has 29 heavy (non-hydrogen) atoms. The van der Waals surface area contributed by atoms with E-state index in [0.717, 1.165) is 6.07 Å². The SMILES string of the molecule is O=Cc1ccnc(N2CCN(C(=O)N3N=CCC3c3cc(F)cc(F)c3)CC2)n1. The minimum atomic E-state index is -0.689. The standard InChI is InChI=1S/C19H18F2N6O2/c20-14-9-13(10-15(21)11-14)17-2-4-23-27(17)19(29)26-7-5-25(6-8-26)18-22-3-1-16(12-28)24-18/h1,3-4,9-12,17H,2,5-8H2. The summed E-state index contributed by atoms with van der Waals surface area (Å²) in [7, 11) is 0. The molecule has 8 nitrogen and oxygen atoms in total. The smallest absolute Gasteiger partial charge is 0.337 e. The van der Waals surface area contributed by atoms with Crippen LogP contribution < -0.4 is 4.90 Å². The van der Waals surface area contributed by atoms with E-state index in [1.807, 2.05) is 4.90 Å². The van der Waals surface area contributed by atoms with E-state index in [0.29, 0.717) is 56.1 Å². The van der Waals surface area contributed by atoms with Crippen LogP contribution in [-0.2, 0) is 0 Å². The molecule has 1 unspecified atom stereocenters. The number of hydrogen-bond donors (Lipinski definition) is 0. The average Bonchev–Trinajstić information content (AvgIpc) is 3.23. The Balaban J connectivity index is 1.43. The fourth-order valence-electron chi connectivity index (χ4n) is 3.47. The van der Waals surface area contributed by atoms with Gasteiger partial charge in [-0.1, -0.05) is 0 Å². The predicted octanol–water partition coefficient (Wildman–Crippen LogP) is 2.24. The number of piperazine rings is 1. The van der Waals surface area contributed by atoms with Crippen molar-refractivity contribution >= 4 is 24.5 Å². The summed E-state index contributed by atoms with van der Waals surface area (Å²) in [6.07, 6.45) is 4.14. The van der Waals surface area contributed by atoms with E-state index in [9.17, 15) is 18.4 Å². The molecule has 2 amide bonds. The number of carbonyl (C=O) groups excluding carboxylic acids is 2. The highest BCUT2D eigenvalue weighted by atomic mass is 19.1. The Bertz CT molecular complexity index is 941. The van der Waals surface area contributed by atoms with E-state index >= 15 is 0 Å². The number of aldehydes is 1. The number of aromatic nitrogens is 2. The molecule has 4 rings (SSSR count). The topological polar surface area (TPSA) is 82.0 Å². The highest BCUT2D eigenvalue weighted by Gasteiger charge is 2.33. The minimum absolute atomic E-state index is 0.296. The number of nitrogens with zero attached hydrogens (tertiary/aromatic N) is 6. The maximum absolute atomic E-state index is 13.6. The molecule has 1 aromatic heterocycles. The Morgan fingerprint density at radius 3 is 2.52 bits per heavy atom. The van der Waals surface area contributed by atoms with Gasteiger partial charge in [0.15, 0.2) is 6.29 Å². The lowest BCUT2D eigenvalue weighted by Crippen LogP contribution is -2.52. The first-order valence-electron chi connectivity index (χ1n) is 9.15. The number of urea groups is 1. The third kappa shape index (κ3) is 3.91. The molecular weight excluding hydrogens is 382 g/mol. The van der Waals surface area contributed by atoms with Gasteiger partial charge in [-0.15, -0.1) is 0 Å². The summed E-state index contributed by atoms with van der Waals surface area (Å²) < 4.78 is 27.2. The van der Waals surface area contributed by atoms with E-state index in [-0.39, 0.29) is 6.03 Å². The van der Waals surface area contributed by atoms with E-state index in [4.69, 9.17) is 0 Å². The van der Waals surface area contributed by atoms with Gasteiger partial charge in [0.25, 0.3) is 0 Å². The molecule has 3 heterocycles. The molecule has 2 aromatic rings. The zero-order valence-electron chi connectivity index (χ0n) is 15.4. The Kier molecular flexibility index (Phi) is 5.15. The Morgan fingerprint density at radius 1 is 1.10 bits per heavy atom. The van der Waals surface area contributed by atoms with Gasteiger partial charge in [0.05, 0.1) is 6.04 Å². The summed E-state index contributed by atoms with van der Waals surface area (Å²) in [6, 6.07) is 3.90. The molecule has 150 valence electrons. The van der Waals surface area contributed by atoms with Crippen LogP contribution in [0.5, 0.6) is 0 Å². The van der Waals surface area contributed by atoms with Gasteiger partial charge in [-0.05, 0) is 23.8 Å². The van der Waals surface area contributed by atoms with E-state index < -0.39 is 17.7 Å². The number of halogens is 2. The summed E-state index contributed by atoms with van der Waals surface area (Å²) in [5.74, 6) is -0.940. The molecule has 2 aliphatic heterocycles. The number of amides is 2. The highest BCUT2D eigenvalue weighted by Crippen LogP contribution is 2.30. The van der Waals surface area contributed by atoms with Gasteiger partial charge in [0.2, 0.25) is 5.95 Å². The number of carbonyl (C=O) groups is 2. The molecule has 0 radical (unpaired) electrons. The fraction of sp³-hybridized carbons (Fsp3) is 0.316. The van der Waals surface area contributed by atoms with Crippen molar-refractivity contribution in [3.63, 3.8) is 0 Å². The lowest BCUT2D eigenvalue weighted by atomic mass is 10.0. The van der Waals surface area contributed by atoms with Gasteiger partial charge < -0.3 is 9.80 Å². The number of anilines is 1. The second kappa shape index (κ2) is 7.90. The molecular formula is C19H18F2N6O2. The lowest BCUT2D eigenvalue weighted by molar-refractivity contribution is 0.111. The largest absolute Gasteiger partial charge is 0.341 e. The summed E-state index contributed by atoms with van der Waals surface area (Å²) >= 11 is 0. The normalized spacial score (nSPS) is 19.0. The van der Waals surface area contributed by atoms with Crippen LogP contribution in [0.3, 0.4) is 0 Å². The summed E-state index contributed by atoms with van der Waals surface area (Å²) in [6.45, 7) is 1.79. The molecule has 0 spiro atoms. The van der Waals surface area contributed by atoms with Gasteiger partial charge in [0, 0.05) is 51.1 Å². The zero-order chi connectivity index (χ0) is 20.4. The molecule has 1 atom stereocenters. The van der Waals surface area contributed by atoms with Crippen LogP contribution >= 0.6 is 0 Å². The molecule has 0 saturated carbocycles. The molecule has 1 saturated heterocycles. The summed E-state index contributed by atoms with van der Waals surface area (Å²) in [4.78, 5) is 35.7. The van der Waals surface area contributed by atoms with Gasteiger partial charge in [0.1, 0.15) is 17.3 Å². The van der Waals surface area contributed by atoms with Crippen LogP contribution in [0.2, 0.25) is 0 Å². The summed E-state index contributed by atoms with van der Waals surface area (Å²) in [5.41, 5.74) is 0.663. The monoisotopic (exact) mass is 400 g/mol. The zero-order valence-corrected chi connectivity index (χ0v) is 15.4. The van der Waals surface area contributed by atoms with E-state index in [2.05, 4.69) is 15.1 Å². The van der Waals surface area contributed by atoms with Crippen molar-refractivity contribution in [2.45, 2.75) is 12.5 Å². The third-order valence-corrected chi connectivity index (χ3v) is 4.91. The van der Waals surface area contributed by atoms with Crippen LogP contribution in [0.25, 0.3) is 0 Å². The Labute approximate surface area is 165 Å². The van der Waals surface area contributed by atoms with Crippen LogP contribution in [0.15, 0.2) is 35.6 Å². The second-order valence-electron chi connectivity index (χ2n) is 6.75. The summed E-state index contributed by atoms with van der Waals surface area (Å²) in [5, 5.41) is 5.39. The van der Waals surface area contributed by atoms with Crippen molar-refractivity contribution in [1.29, 1.82) is 0 Å². The highest BCUT2D eigenvalue weighted by molar-refractivity contribution is 5.79. The van der Waals surface area contributed by atoms with Crippen LogP contribution in [0, 0.1) is 11.6 Å².